The number of rotatable bonds is 6. The van der Waals surface area contributed by atoms with Crippen molar-refractivity contribution >= 4 is 23.4 Å². The second-order valence-electron chi connectivity index (χ2n) is 8.69. The number of hydrogen-bond acceptors (Lipinski definition) is 4. The van der Waals surface area contributed by atoms with E-state index in [-0.39, 0.29) is 23.8 Å². The first kappa shape index (κ1) is 24.6. The number of methoxy groups -OCH3 is 2. The number of likely N-dealkylation sites (tertiary alicyclic amines) is 1. The first-order valence-electron chi connectivity index (χ1n) is 11.5. The molecule has 0 radical (unpaired) electrons. The largest absolute Gasteiger partial charge is 0.493 e. The van der Waals surface area contributed by atoms with Crippen LogP contribution in [-0.4, -0.2) is 50.1 Å². The van der Waals surface area contributed by atoms with E-state index in [4.69, 9.17) is 21.1 Å². The molecule has 7 heteroatoms. The van der Waals surface area contributed by atoms with Crippen LogP contribution in [0.2, 0.25) is 5.02 Å². The molecule has 0 bridgehead atoms. The molecule has 1 N–H and O–H groups in total. The van der Waals surface area contributed by atoms with Crippen LogP contribution in [0.15, 0.2) is 66.7 Å². The van der Waals surface area contributed by atoms with Crippen molar-refractivity contribution in [1.82, 2.24) is 10.2 Å². The third kappa shape index (κ3) is 5.43. The molecule has 0 spiro atoms. The number of ether oxygens (including phenoxy) is 2. The second kappa shape index (κ2) is 10.8. The Morgan fingerprint density at radius 1 is 0.971 bits per heavy atom. The van der Waals surface area contributed by atoms with Gasteiger partial charge in [-0.15, -0.1) is 0 Å². The minimum absolute atomic E-state index is 0.0696. The Hall–Kier alpha value is -3.51. The second-order valence-corrected chi connectivity index (χ2v) is 9.09. The van der Waals surface area contributed by atoms with Crippen LogP contribution in [0.5, 0.6) is 11.5 Å². The molecule has 1 saturated heterocycles. The van der Waals surface area contributed by atoms with Gasteiger partial charge in [0.2, 0.25) is 0 Å². The maximum atomic E-state index is 13.4. The average molecular weight is 493 g/mol. The molecule has 1 heterocycles. The fourth-order valence-corrected chi connectivity index (χ4v) is 4.73. The Labute approximate surface area is 210 Å². The first-order valence-corrected chi connectivity index (χ1v) is 11.9. The normalized spacial score (nSPS) is 17.5. The Balaban J connectivity index is 1.58. The van der Waals surface area contributed by atoms with E-state index in [2.05, 4.69) is 29.6 Å². The van der Waals surface area contributed by atoms with E-state index in [1.807, 2.05) is 11.8 Å². The number of carbonyl (C=O) groups excluding carboxylic acids is 2. The smallest absolute Gasteiger partial charge is 0.254 e. The zero-order valence-corrected chi connectivity index (χ0v) is 20.8. The summed E-state index contributed by atoms with van der Waals surface area (Å²) >= 11 is 6.25. The van der Waals surface area contributed by atoms with Gasteiger partial charge in [-0.25, -0.2) is 0 Å². The predicted octanol–water partition coefficient (Wildman–Crippen LogP) is 5.09. The number of aryl methyl sites for hydroxylation is 1. The van der Waals surface area contributed by atoms with Crippen molar-refractivity contribution in [1.29, 1.82) is 0 Å². The molecule has 4 rings (SSSR count). The quantitative estimate of drug-likeness (QED) is 0.520. The zero-order chi connectivity index (χ0) is 24.9. The van der Waals surface area contributed by atoms with Gasteiger partial charge in [-0.3, -0.25) is 9.59 Å². The maximum Gasteiger partial charge on any atom is 0.254 e. The van der Waals surface area contributed by atoms with Crippen LogP contribution in [-0.2, 0) is 0 Å². The SMILES string of the molecule is COc1ccc(C(=O)N2CC[C@H](NC(=O)c3ccccc3Cl)[C@@H](c3ccc(C)cc3)C2)cc1OC. The van der Waals surface area contributed by atoms with Gasteiger partial charge in [-0.1, -0.05) is 53.6 Å². The molecule has 6 nitrogen and oxygen atoms in total. The lowest BCUT2D eigenvalue weighted by Gasteiger charge is -2.39. The first-order chi connectivity index (χ1) is 16.9. The number of nitrogens with zero attached hydrogens (tertiary/aromatic N) is 1. The molecule has 35 heavy (non-hydrogen) atoms. The molecule has 0 saturated carbocycles. The number of benzene rings is 3. The molecule has 182 valence electrons. The van der Waals surface area contributed by atoms with Crippen LogP contribution >= 0.6 is 11.6 Å². The van der Waals surface area contributed by atoms with Crippen molar-refractivity contribution in [3.05, 3.63) is 94.0 Å². The fourth-order valence-electron chi connectivity index (χ4n) is 4.50. The summed E-state index contributed by atoms with van der Waals surface area (Å²) in [5.41, 5.74) is 3.20. The number of nitrogens with one attached hydrogen (secondary N) is 1. The predicted molar refractivity (Wildman–Crippen MR) is 137 cm³/mol. The van der Waals surface area contributed by atoms with Gasteiger partial charge in [-0.05, 0) is 49.2 Å². The molecule has 2 amide bonds. The van der Waals surface area contributed by atoms with E-state index in [0.29, 0.717) is 47.2 Å². The van der Waals surface area contributed by atoms with Gasteiger partial charge in [0.25, 0.3) is 11.8 Å². The van der Waals surface area contributed by atoms with E-state index in [0.717, 1.165) is 11.1 Å². The van der Waals surface area contributed by atoms with Crippen LogP contribution in [0.4, 0.5) is 0 Å². The minimum atomic E-state index is -0.211. The average Bonchev–Trinajstić information content (AvgIpc) is 2.88. The van der Waals surface area contributed by atoms with E-state index < -0.39 is 0 Å². The Morgan fingerprint density at radius 2 is 1.69 bits per heavy atom. The van der Waals surface area contributed by atoms with Crippen molar-refractivity contribution in [2.24, 2.45) is 0 Å². The Morgan fingerprint density at radius 3 is 2.37 bits per heavy atom. The number of carbonyl (C=O) groups is 2. The highest BCUT2D eigenvalue weighted by Gasteiger charge is 2.34. The molecule has 1 fully saturated rings. The van der Waals surface area contributed by atoms with Gasteiger partial charge in [0.05, 0.1) is 24.8 Å². The molecule has 0 aromatic heterocycles. The van der Waals surface area contributed by atoms with Crippen LogP contribution in [0.3, 0.4) is 0 Å². The van der Waals surface area contributed by atoms with Crippen LogP contribution in [0.1, 0.15) is 44.2 Å². The summed E-state index contributed by atoms with van der Waals surface area (Å²) in [6.07, 6.45) is 0.619. The van der Waals surface area contributed by atoms with E-state index in [1.165, 1.54) is 0 Å². The Bertz CT molecular complexity index is 1210. The van der Waals surface area contributed by atoms with Crippen LogP contribution < -0.4 is 14.8 Å². The monoisotopic (exact) mass is 492 g/mol. The molecule has 3 aromatic rings. The maximum absolute atomic E-state index is 13.4. The molecule has 1 aliphatic heterocycles. The standard InChI is InChI=1S/C28H29ClN2O4/c1-18-8-10-19(11-9-18)22-17-31(28(33)20-12-13-25(34-2)26(16-20)35-3)15-14-24(22)30-27(32)21-6-4-5-7-23(21)29/h4-13,16,22,24H,14-15,17H2,1-3H3,(H,30,32)/t22-,24+/m1/s1. The van der Waals surface area contributed by atoms with Gasteiger partial charge in [-0.2, -0.15) is 0 Å². The number of hydrogen-bond donors (Lipinski definition) is 1. The van der Waals surface area contributed by atoms with Crippen LogP contribution in [0, 0.1) is 6.92 Å². The molecule has 0 aliphatic carbocycles. The third-order valence-corrected chi connectivity index (χ3v) is 6.80. The van der Waals surface area contributed by atoms with Gasteiger partial charge in [0.15, 0.2) is 11.5 Å². The molecule has 0 unspecified atom stereocenters. The molecule has 2 atom stereocenters. The fraction of sp³-hybridized carbons (Fsp3) is 0.286. The summed E-state index contributed by atoms with van der Waals surface area (Å²) < 4.78 is 10.7. The van der Waals surface area contributed by atoms with Crippen molar-refractivity contribution in [3.8, 4) is 11.5 Å². The van der Waals surface area contributed by atoms with Crippen molar-refractivity contribution in [2.75, 3.05) is 27.3 Å². The summed E-state index contributed by atoms with van der Waals surface area (Å²) in [4.78, 5) is 28.3. The molecular weight excluding hydrogens is 464 g/mol. The number of halogens is 1. The van der Waals surface area contributed by atoms with Gasteiger partial charge < -0.3 is 19.7 Å². The third-order valence-electron chi connectivity index (χ3n) is 6.47. The lowest BCUT2D eigenvalue weighted by molar-refractivity contribution is 0.0671. The summed E-state index contributed by atoms with van der Waals surface area (Å²) in [5, 5.41) is 3.59. The highest BCUT2D eigenvalue weighted by molar-refractivity contribution is 6.33. The van der Waals surface area contributed by atoms with E-state index in [9.17, 15) is 9.59 Å². The van der Waals surface area contributed by atoms with Crippen LogP contribution in [0.25, 0.3) is 0 Å². The molecular formula is C28H29ClN2O4. The Kier molecular flexibility index (Phi) is 7.61. The van der Waals surface area contributed by atoms with E-state index in [1.54, 1.807) is 56.7 Å². The molecule has 1 aliphatic rings. The van der Waals surface area contributed by atoms with Crippen molar-refractivity contribution in [3.63, 3.8) is 0 Å². The van der Waals surface area contributed by atoms with E-state index >= 15 is 0 Å². The zero-order valence-electron chi connectivity index (χ0n) is 20.1. The lowest BCUT2D eigenvalue weighted by Crippen LogP contribution is -2.51. The summed E-state index contributed by atoms with van der Waals surface area (Å²) in [7, 11) is 3.11. The van der Waals surface area contributed by atoms with Crippen molar-refractivity contribution in [2.45, 2.75) is 25.3 Å². The number of piperidine rings is 1. The van der Waals surface area contributed by atoms with Gasteiger partial charge in [0.1, 0.15) is 0 Å². The van der Waals surface area contributed by atoms with Gasteiger partial charge >= 0.3 is 0 Å². The van der Waals surface area contributed by atoms with Gasteiger partial charge in [0, 0.05) is 30.6 Å². The topological polar surface area (TPSA) is 67.9 Å². The van der Waals surface area contributed by atoms with Crippen molar-refractivity contribution < 1.29 is 19.1 Å². The summed E-state index contributed by atoms with van der Waals surface area (Å²) in [5.74, 6) is 0.717. The molecule has 3 aromatic carbocycles. The highest BCUT2D eigenvalue weighted by Crippen LogP contribution is 2.32. The lowest BCUT2D eigenvalue weighted by atomic mass is 9.85. The minimum Gasteiger partial charge on any atom is -0.493 e. The summed E-state index contributed by atoms with van der Waals surface area (Å²) in [6.45, 7) is 3.03. The summed E-state index contributed by atoms with van der Waals surface area (Å²) in [6, 6.07) is 20.3. The highest BCUT2D eigenvalue weighted by atomic mass is 35.5. The number of amides is 2.